The summed E-state index contributed by atoms with van der Waals surface area (Å²) >= 11 is 0. The summed E-state index contributed by atoms with van der Waals surface area (Å²) in [5.41, 5.74) is 0.386. The van der Waals surface area contributed by atoms with Crippen LogP contribution in [0.1, 0.15) is 26.3 Å². The first-order valence-corrected chi connectivity index (χ1v) is 9.09. The number of hydrogen-bond acceptors (Lipinski definition) is 4. The summed E-state index contributed by atoms with van der Waals surface area (Å²) in [4.78, 5) is 16.4. The molecule has 2 aromatic carbocycles. The summed E-state index contributed by atoms with van der Waals surface area (Å²) in [6.07, 6.45) is -4.42. The Balaban J connectivity index is 1.93. The molecule has 3 rings (SSSR count). The highest BCUT2D eigenvalue weighted by Crippen LogP contribution is 2.31. The molecule has 3 aromatic rings. The molecule has 0 bridgehead atoms. The monoisotopic (exact) mass is 418 g/mol. The number of hydrogen-bond donors (Lipinski definition) is 1. The molecule has 9 heteroatoms. The predicted octanol–water partition coefficient (Wildman–Crippen LogP) is 4.95. The van der Waals surface area contributed by atoms with Crippen molar-refractivity contribution in [3.63, 3.8) is 0 Å². The van der Waals surface area contributed by atoms with Gasteiger partial charge in [-0.05, 0) is 36.4 Å². The fourth-order valence-electron chi connectivity index (χ4n) is 2.56. The lowest BCUT2D eigenvalue weighted by molar-refractivity contribution is -0.137. The first-order valence-electron chi connectivity index (χ1n) is 9.09. The van der Waals surface area contributed by atoms with Crippen LogP contribution >= 0.6 is 0 Å². The van der Waals surface area contributed by atoms with E-state index in [1.165, 1.54) is 23.9 Å². The first kappa shape index (κ1) is 21.4. The second-order valence-corrected chi connectivity index (χ2v) is 7.66. The summed E-state index contributed by atoms with van der Waals surface area (Å²) in [6, 6.07) is 11.6. The lowest BCUT2D eigenvalue weighted by Crippen LogP contribution is -2.27. The molecule has 1 aromatic heterocycles. The summed E-state index contributed by atoms with van der Waals surface area (Å²) in [5.74, 6) is 0.204. The van der Waals surface area contributed by atoms with Crippen LogP contribution in [0.15, 0.2) is 48.5 Å². The molecule has 0 spiro atoms. The van der Waals surface area contributed by atoms with E-state index < -0.39 is 17.2 Å². The zero-order valence-corrected chi connectivity index (χ0v) is 16.9. The van der Waals surface area contributed by atoms with Gasteiger partial charge in [0, 0.05) is 16.7 Å². The number of benzene rings is 2. The molecule has 0 aliphatic heterocycles. The Kier molecular flexibility index (Phi) is 5.56. The van der Waals surface area contributed by atoms with Crippen molar-refractivity contribution in [2.75, 3.05) is 12.4 Å². The molecule has 30 heavy (non-hydrogen) atoms. The van der Waals surface area contributed by atoms with Gasteiger partial charge in [-0.25, -0.2) is 4.68 Å². The maximum Gasteiger partial charge on any atom is 0.416 e. The maximum absolute atomic E-state index is 12.8. The maximum atomic E-state index is 12.8. The molecule has 0 saturated carbocycles. The predicted molar refractivity (Wildman–Crippen MR) is 106 cm³/mol. The van der Waals surface area contributed by atoms with Crippen LogP contribution in [0, 0.1) is 5.41 Å². The number of nitrogens with one attached hydrogen (secondary N) is 1. The van der Waals surface area contributed by atoms with E-state index in [1.807, 2.05) is 20.8 Å². The lowest BCUT2D eigenvalue weighted by Gasteiger charge is -2.17. The number of methoxy groups -OCH3 is 1. The number of ether oxygens (including phenoxy) is 1. The number of carbonyl (C=O) groups excluding carboxylic acids is 1. The van der Waals surface area contributed by atoms with E-state index in [2.05, 4.69) is 15.4 Å². The topological polar surface area (TPSA) is 69.0 Å². The molecule has 1 heterocycles. The van der Waals surface area contributed by atoms with Gasteiger partial charge in [-0.1, -0.05) is 32.9 Å². The van der Waals surface area contributed by atoms with Crippen LogP contribution in [0.2, 0.25) is 0 Å². The van der Waals surface area contributed by atoms with Crippen LogP contribution in [0.5, 0.6) is 6.01 Å². The first-order chi connectivity index (χ1) is 14.0. The van der Waals surface area contributed by atoms with Crippen LogP contribution < -0.4 is 10.1 Å². The van der Waals surface area contributed by atoms with Crippen LogP contribution in [0.4, 0.5) is 18.9 Å². The van der Waals surface area contributed by atoms with Crippen molar-refractivity contribution in [2.45, 2.75) is 26.9 Å². The zero-order chi connectivity index (χ0) is 22.1. The largest absolute Gasteiger partial charge is 0.466 e. The van der Waals surface area contributed by atoms with Crippen molar-refractivity contribution in [1.29, 1.82) is 0 Å². The smallest absolute Gasteiger partial charge is 0.416 e. The van der Waals surface area contributed by atoms with Gasteiger partial charge in [0.15, 0.2) is 5.82 Å². The second kappa shape index (κ2) is 7.81. The molecule has 1 amide bonds. The Labute approximate surface area is 171 Å². The molecule has 0 saturated heterocycles. The number of halogens is 3. The summed E-state index contributed by atoms with van der Waals surface area (Å²) in [7, 11) is 1.40. The van der Waals surface area contributed by atoms with Gasteiger partial charge in [0.25, 0.3) is 0 Å². The Morgan fingerprint density at radius 3 is 2.10 bits per heavy atom. The van der Waals surface area contributed by atoms with Crippen LogP contribution in [-0.4, -0.2) is 27.8 Å². The highest BCUT2D eigenvalue weighted by Gasteiger charge is 2.30. The summed E-state index contributed by atoms with van der Waals surface area (Å²) < 4.78 is 45.1. The molecule has 0 radical (unpaired) electrons. The molecular weight excluding hydrogens is 397 g/mol. The van der Waals surface area contributed by atoms with Gasteiger partial charge in [0.1, 0.15) is 0 Å². The number of nitrogens with zero attached hydrogens (tertiary/aromatic N) is 3. The van der Waals surface area contributed by atoms with Crippen molar-refractivity contribution < 1.29 is 22.7 Å². The fraction of sp³-hybridized carbons (Fsp3) is 0.286. The van der Waals surface area contributed by atoms with Gasteiger partial charge in [-0.2, -0.15) is 18.2 Å². The molecule has 0 fully saturated rings. The van der Waals surface area contributed by atoms with Gasteiger partial charge in [0.05, 0.1) is 18.4 Å². The van der Waals surface area contributed by atoms with E-state index in [9.17, 15) is 18.0 Å². The van der Waals surface area contributed by atoms with Crippen molar-refractivity contribution in [2.24, 2.45) is 5.41 Å². The molecule has 0 atom stereocenters. The molecule has 0 aliphatic carbocycles. The number of alkyl halides is 3. The molecule has 158 valence electrons. The highest BCUT2D eigenvalue weighted by atomic mass is 19.4. The van der Waals surface area contributed by atoms with Crippen LogP contribution in [-0.2, 0) is 11.0 Å². The third kappa shape index (κ3) is 4.61. The third-order valence-electron chi connectivity index (χ3n) is 4.29. The normalized spacial score (nSPS) is 12.0. The van der Waals surface area contributed by atoms with E-state index in [0.29, 0.717) is 22.8 Å². The minimum atomic E-state index is -4.42. The third-order valence-corrected chi connectivity index (χ3v) is 4.29. The van der Waals surface area contributed by atoms with E-state index in [0.717, 1.165) is 12.1 Å². The average Bonchev–Trinajstić information content (AvgIpc) is 3.12. The van der Waals surface area contributed by atoms with Crippen molar-refractivity contribution in [3.05, 3.63) is 54.1 Å². The van der Waals surface area contributed by atoms with Gasteiger partial charge >= 0.3 is 12.2 Å². The molecule has 6 nitrogen and oxygen atoms in total. The Bertz CT molecular complexity index is 1030. The van der Waals surface area contributed by atoms with Crippen molar-refractivity contribution in [3.8, 4) is 23.1 Å². The summed E-state index contributed by atoms with van der Waals surface area (Å²) in [6.45, 7) is 5.44. The molecule has 1 N–H and O–H groups in total. The Hall–Kier alpha value is -3.36. The van der Waals surface area contributed by atoms with E-state index >= 15 is 0 Å². The number of rotatable bonds is 4. The number of anilines is 1. The average molecular weight is 418 g/mol. The van der Waals surface area contributed by atoms with Crippen LogP contribution in [0.25, 0.3) is 17.1 Å². The molecule has 0 unspecified atom stereocenters. The quantitative estimate of drug-likeness (QED) is 0.651. The van der Waals surface area contributed by atoms with E-state index in [1.54, 1.807) is 24.3 Å². The van der Waals surface area contributed by atoms with Gasteiger partial charge in [-0.3, -0.25) is 4.79 Å². The minimum Gasteiger partial charge on any atom is -0.466 e. The highest BCUT2D eigenvalue weighted by molar-refractivity contribution is 5.94. The fourth-order valence-corrected chi connectivity index (χ4v) is 2.56. The number of amides is 1. The minimum absolute atomic E-state index is 0.0787. The lowest BCUT2D eigenvalue weighted by atomic mass is 9.95. The molecule has 0 aliphatic rings. The van der Waals surface area contributed by atoms with Gasteiger partial charge in [-0.15, -0.1) is 5.10 Å². The Morgan fingerprint density at radius 1 is 1.00 bits per heavy atom. The zero-order valence-electron chi connectivity index (χ0n) is 16.9. The number of carbonyl (C=O) groups is 1. The van der Waals surface area contributed by atoms with Gasteiger partial charge < -0.3 is 10.1 Å². The summed E-state index contributed by atoms with van der Waals surface area (Å²) in [5, 5.41) is 7.08. The van der Waals surface area contributed by atoms with Crippen molar-refractivity contribution >= 4 is 11.6 Å². The Morgan fingerprint density at radius 2 is 1.60 bits per heavy atom. The van der Waals surface area contributed by atoms with E-state index in [4.69, 9.17) is 4.74 Å². The molecular formula is C21H21F3N4O2. The standard InChI is InChI=1S/C21H21F3N4O2/c1-20(2,3)18(29)25-15-9-11-16(12-10-15)28-17(26-19(27-28)30-4)13-5-7-14(8-6-13)21(22,23)24/h5-12H,1-4H3,(H,25,29). The van der Waals surface area contributed by atoms with Crippen molar-refractivity contribution in [1.82, 2.24) is 14.8 Å². The van der Waals surface area contributed by atoms with Crippen LogP contribution in [0.3, 0.4) is 0 Å². The number of aromatic nitrogens is 3. The SMILES string of the molecule is COc1nc(-c2ccc(C(F)(F)F)cc2)n(-c2ccc(NC(=O)C(C)(C)C)cc2)n1. The van der Waals surface area contributed by atoms with E-state index in [-0.39, 0.29) is 11.9 Å². The van der Waals surface area contributed by atoms with Gasteiger partial charge in [0.2, 0.25) is 5.91 Å². The second-order valence-electron chi connectivity index (χ2n) is 7.66.